The molecule has 2 aromatic rings. The fourth-order valence-corrected chi connectivity index (χ4v) is 2.33. The van der Waals surface area contributed by atoms with E-state index in [2.05, 4.69) is 27.2 Å². The number of nitrogens with one attached hydrogen (secondary N) is 1. The minimum Gasteiger partial charge on any atom is -0.496 e. The van der Waals surface area contributed by atoms with E-state index in [9.17, 15) is 0 Å². The molecule has 0 atom stereocenters. The van der Waals surface area contributed by atoms with Crippen molar-refractivity contribution in [2.45, 2.75) is 6.54 Å². The zero-order valence-corrected chi connectivity index (χ0v) is 12.2. The molecule has 0 aliphatic rings. The van der Waals surface area contributed by atoms with Gasteiger partial charge in [0.1, 0.15) is 5.75 Å². The number of ether oxygens (including phenoxy) is 1. The van der Waals surface area contributed by atoms with Gasteiger partial charge in [-0.25, -0.2) is 0 Å². The molecule has 2 aromatic carbocycles. The maximum absolute atomic E-state index is 5.38. The molecule has 19 heavy (non-hydrogen) atoms. The van der Waals surface area contributed by atoms with Gasteiger partial charge in [-0.2, -0.15) is 0 Å². The highest BCUT2D eigenvalue weighted by Crippen LogP contribution is 2.25. The normalized spacial score (nSPS) is 9.74. The molecule has 0 fully saturated rings. The summed E-state index contributed by atoms with van der Waals surface area (Å²) >= 11 is 3.48. The van der Waals surface area contributed by atoms with Gasteiger partial charge in [0.2, 0.25) is 0 Å². The van der Waals surface area contributed by atoms with Crippen LogP contribution in [0.4, 0.5) is 5.69 Å². The van der Waals surface area contributed by atoms with E-state index in [4.69, 9.17) is 11.2 Å². The second-order valence-electron chi connectivity index (χ2n) is 4.05. The number of methoxy groups -OCH3 is 1. The molecule has 96 valence electrons. The second kappa shape index (κ2) is 6.31. The van der Waals surface area contributed by atoms with E-state index < -0.39 is 0 Å². The molecule has 0 heterocycles. The minimum absolute atomic E-state index is 0.733. The zero-order valence-electron chi connectivity index (χ0n) is 10.6. The maximum Gasteiger partial charge on any atom is 0.133 e. The Kier molecular flexibility index (Phi) is 4.48. The highest BCUT2D eigenvalue weighted by atomic mass is 79.9. The Balaban J connectivity index is 2.06. The quantitative estimate of drug-likeness (QED) is 0.859. The summed E-state index contributed by atoms with van der Waals surface area (Å²) < 4.78 is 6.15. The van der Waals surface area contributed by atoms with Crippen LogP contribution >= 0.6 is 15.9 Å². The second-order valence-corrected chi connectivity index (χ2v) is 4.90. The smallest absolute Gasteiger partial charge is 0.133 e. The molecule has 0 saturated heterocycles. The average Bonchev–Trinajstić information content (AvgIpc) is 2.45. The van der Waals surface area contributed by atoms with Crippen molar-refractivity contribution in [1.29, 1.82) is 0 Å². The van der Waals surface area contributed by atoms with Gasteiger partial charge in [0.05, 0.1) is 11.6 Å². The topological polar surface area (TPSA) is 21.3 Å². The molecule has 0 aliphatic carbocycles. The molecule has 3 heteroatoms. The van der Waals surface area contributed by atoms with Crippen molar-refractivity contribution in [2.24, 2.45) is 0 Å². The predicted octanol–water partition coefficient (Wildman–Crippen LogP) is 4.05. The summed E-state index contributed by atoms with van der Waals surface area (Å²) in [4.78, 5) is 0. The molecule has 2 rings (SSSR count). The average molecular weight is 316 g/mol. The van der Waals surface area contributed by atoms with Crippen molar-refractivity contribution < 1.29 is 4.74 Å². The van der Waals surface area contributed by atoms with Crippen LogP contribution in [0.5, 0.6) is 5.75 Å². The van der Waals surface area contributed by atoms with E-state index in [0.29, 0.717) is 0 Å². The van der Waals surface area contributed by atoms with Crippen LogP contribution in [0.2, 0.25) is 0 Å². The lowest BCUT2D eigenvalue weighted by molar-refractivity contribution is 0.412. The van der Waals surface area contributed by atoms with Crippen LogP contribution in [0.15, 0.2) is 46.9 Å². The third-order valence-corrected chi connectivity index (χ3v) is 3.36. The van der Waals surface area contributed by atoms with E-state index >= 15 is 0 Å². The number of rotatable bonds is 4. The molecule has 0 bridgehead atoms. The third kappa shape index (κ3) is 3.52. The largest absolute Gasteiger partial charge is 0.496 e. The standard InChI is InChI=1S/C16H14BrNO/c1-3-12-5-4-6-14(9-12)18-11-13-7-8-16(19-2)15(17)10-13/h1,4-10,18H,11H2,2H3. The van der Waals surface area contributed by atoms with Crippen molar-refractivity contribution in [3.8, 4) is 18.1 Å². The van der Waals surface area contributed by atoms with Gasteiger partial charge in [0, 0.05) is 17.8 Å². The molecule has 0 aliphatic heterocycles. The summed E-state index contributed by atoms with van der Waals surface area (Å²) in [6.45, 7) is 0.733. The van der Waals surface area contributed by atoms with Gasteiger partial charge in [-0.05, 0) is 51.8 Å². The fourth-order valence-electron chi connectivity index (χ4n) is 1.74. The SMILES string of the molecule is C#Cc1cccc(NCc2ccc(OC)c(Br)c2)c1. The van der Waals surface area contributed by atoms with Crippen molar-refractivity contribution >= 4 is 21.6 Å². The van der Waals surface area contributed by atoms with Crippen LogP contribution in [-0.2, 0) is 6.54 Å². The van der Waals surface area contributed by atoms with E-state index in [1.165, 1.54) is 5.56 Å². The summed E-state index contributed by atoms with van der Waals surface area (Å²) in [7, 11) is 1.66. The molecular weight excluding hydrogens is 302 g/mol. The number of hydrogen-bond donors (Lipinski definition) is 1. The zero-order chi connectivity index (χ0) is 13.7. The fraction of sp³-hybridized carbons (Fsp3) is 0.125. The highest BCUT2D eigenvalue weighted by Gasteiger charge is 2.01. The number of anilines is 1. The first-order chi connectivity index (χ1) is 9.22. The van der Waals surface area contributed by atoms with E-state index in [1.807, 2.05) is 42.5 Å². The van der Waals surface area contributed by atoms with Gasteiger partial charge < -0.3 is 10.1 Å². The van der Waals surface area contributed by atoms with Crippen LogP contribution in [-0.4, -0.2) is 7.11 Å². The van der Waals surface area contributed by atoms with Crippen LogP contribution in [0.25, 0.3) is 0 Å². The first kappa shape index (κ1) is 13.5. The molecule has 0 radical (unpaired) electrons. The van der Waals surface area contributed by atoms with E-state index in [-0.39, 0.29) is 0 Å². The number of benzene rings is 2. The van der Waals surface area contributed by atoms with E-state index in [0.717, 1.165) is 28.0 Å². The lowest BCUT2D eigenvalue weighted by atomic mass is 10.2. The molecule has 0 spiro atoms. The van der Waals surface area contributed by atoms with Crippen molar-refractivity contribution in [3.63, 3.8) is 0 Å². The van der Waals surface area contributed by atoms with Gasteiger partial charge in [-0.15, -0.1) is 6.42 Å². The monoisotopic (exact) mass is 315 g/mol. The molecule has 0 unspecified atom stereocenters. The summed E-state index contributed by atoms with van der Waals surface area (Å²) in [5.41, 5.74) is 3.06. The van der Waals surface area contributed by atoms with Gasteiger partial charge in [-0.1, -0.05) is 18.1 Å². The Morgan fingerprint density at radius 3 is 2.79 bits per heavy atom. The highest BCUT2D eigenvalue weighted by molar-refractivity contribution is 9.10. The Hall–Kier alpha value is -1.92. The molecule has 0 aromatic heterocycles. The third-order valence-electron chi connectivity index (χ3n) is 2.74. The van der Waals surface area contributed by atoms with Gasteiger partial charge in [0.15, 0.2) is 0 Å². The van der Waals surface area contributed by atoms with Crippen LogP contribution in [0.1, 0.15) is 11.1 Å². The molecule has 0 saturated carbocycles. The van der Waals surface area contributed by atoms with Crippen molar-refractivity contribution in [2.75, 3.05) is 12.4 Å². The summed E-state index contributed by atoms with van der Waals surface area (Å²) in [6.07, 6.45) is 5.38. The van der Waals surface area contributed by atoms with Crippen molar-refractivity contribution in [1.82, 2.24) is 0 Å². The Labute approximate surface area is 121 Å². The van der Waals surface area contributed by atoms with E-state index in [1.54, 1.807) is 7.11 Å². The first-order valence-electron chi connectivity index (χ1n) is 5.86. The predicted molar refractivity (Wildman–Crippen MR) is 82.4 cm³/mol. The van der Waals surface area contributed by atoms with Gasteiger partial charge >= 0.3 is 0 Å². The lowest BCUT2D eigenvalue weighted by Crippen LogP contribution is -1.99. The number of halogens is 1. The van der Waals surface area contributed by atoms with Crippen molar-refractivity contribution in [3.05, 3.63) is 58.1 Å². The van der Waals surface area contributed by atoms with Crippen LogP contribution < -0.4 is 10.1 Å². The van der Waals surface area contributed by atoms with Gasteiger partial charge in [0.25, 0.3) is 0 Å². The maximum atomic E-state index is 5.38. The van der Waals surface area contributed by atoms with Gasteiger partial charge in [-0.3, -0.25) is 0 Å². The number of terminal acetylenes is 1. The summed E-state index contributed by atoms with van der Waals surface area (Å²) in [5.74, 6) is 3.46. The molecule has 1 N–H and O–H groups in total. The lowest BCUT2D eigenvalue weighted by Gasteiger charge is -2.09. The van der Waals surface area contributed by atoms with Crippen LogP contribution in [0, 0.1) is 12.3 Å². The Morgan fingerprint density at radius 2 is 2.11 bits per heavy atom. The molecule has 2 nitrogen and oxygen atoms in total. The summed E-state index contributed by atoms with van der Waals surface area (Å²) in [6, 6.07) is 13.8. The minimum atomic E-state index is 0.733. The summed E-state index contributed by atoms with van der Waals surface area (Å²) in [5, 5.41) is 3.34. The molecule has 0 amide bonds. The molecular formula is C16H14BrNO. The Bertz CT molecular complexity index is 616. The number of hydrogen-bond acceptors (Lipinski definition) is 2. The van der Waals surface area contributed by atoms with Crippen LogP contribution in [0.3, 0.4) is 0 Å². The first-order valence-corrected chi connectivity index (χ1v) is 6.65. The Morgan fingerprint density at radius 1 is 1.26 bits per heavy atom.